The van der Waals surface area contributed by atoms with Crippen molar-refractivity contribution in [1.82, 2.24) is 15.0 Å². The van der Waals surface area contributed by atoms with Gasteiger partial charge >= 0.3 is 0 Å². The molecule has 0 spiro atoms. The highest BCUT2D eigenvalue weighted by molar-refractivity contribution is 6.28. The Balaban J connectivity index is 2.22. The molecule has 2 aromatic rings. The van der Waals surface area contributed by atoms with Gasteiger partial charge in [0.25, 0.3) is 5.69 Å². The first-order chi connectivity index (χ1) is 10.5. The lowest BCUT2D eigenvalue weighted by atomic mass is 10.3. The lowest BCUT2D eigenvalue weighted by Gasteiger charge is -2.12. The number of nitrogens with one attached hydrogen (secondary N) is 2. The second-order valence-electron chi connectivity index (χ2n) is 4.64. The SMILES string of the molecule is CC[C@H](C)Nc1nc(Cl)nc(Nc2cccc([N+](=O)[O-])c2)n1. The van der Waals surface area contributed by atoms with E-state index >= 15 is 0 Å². The number of hydrogen-bond acceptors (Lipinski definition) is 7. The van der Waals surface area contributed by atoms with E-state index < -0.39 is 4.92 Å². The summed E-state index contributed by atoms with van der Waals surface area (Å²) < 4.78 is 0. The summed E-state index contributed by atoms with van der Waals surface area (Å²) in [5, 5.41) is 16.8. The molecule has 2 N–H and O–H groups in total. The lowest BCUT2D eigenvalue weighted by Crippen LogP contribution is -2.16. The van der Waals surface area contributed by atoms with E-state index in [0.29, 0.717) is 11.6 Å². The molecule has 22 heavy (non-hydrogen) atoms. The third kappa shape index (κ3) is 4.26. The van der Waals surface area contributed by atoms with E-state index in [4.69, 9.17) is 11.6 Å². The van der Waals surface area contributed by atoms with Crippen molar-refractivity contribution in [3.8, 4) is 0 Å². The first-order valence-corrected chi connectivity index (χ1v) is 7.05. The van der Waals surface area contributed by atoms with Crippen LogP contribution in [0.3, 0.4) is 0 Å². The zero-order valence-corrected chi connectivity index (χ0v) is 12.8. The van der Waals surface area contributed by atoms with Crippen LogP contribution in [0.15, 0.2) is 24.3 Å². The van der Waals surface area contributed by atoms with Crippen LogP contribution in [0.1, 0.15) is 20.3 Å². The molecule has 0 aliphatic carbocycles. The topological polar surface area (TPSA) is 106 Å². The van der Waals surface area contributed by atoms with Crippen molar-refractivity contribution >= 4 is 34.9 Å². The average molecular weight is 323 g/mol. The molecule has 1 heterocycles. The van der Waals surface area contributed by atoms with Crippen LogP contribution in [0.25, 0.3) is 0 Å². The second kappa shape index (κ2) is 6.99. The van der Waals surface area contributed by atoms with Gasteiger partial charge in [-0.2, -0.15) is 15.0 Å². The maximum Gasteiger partial charge on any atom is 0.271 e. The summed E-state index contributed by atoms with van der Waals surface area (Å²) in [6.45, 7) is 4.02. The largest absolute Gasteiger partial charge is 0.352 e. The standard InChI is InChI=1S/C13H15ClN6O2/c1-3-8(2)15-12-17-11(14)18-13(19-12)16-9-5-4-6-10(7-9)20(21)22/h4-8H,3H2,1-2H3,(H2,15,16,17,18,19)/t8-/m0/s1. The number of non-ortho nitro benzene ring substituents is 1. The number of rotatable bonds is 6. The van der Waals surface area contributed by atoms with Crippen LogP contribution in [-0.4, -0.2) is 25.9 Å². The first kappa shape index (κ1) is 15.9. The van der Waals surface area contributed by atoms with E-state index in [9.17, 15) is 10.1 Å². The molecule has 1 aromatic carbocycles. The Kier molecular flexibility index (Phi) is 5.05. The van der Waals surface area contributed by atoms with E-state index in [2.05, 4.69) is 25.6 Å². The van der Waals surface area contributed by atoms with Crippen LogP contribution in [0.4, 0.5) is 23.3 Å². The Morgan fingerprint density at radius 1 is 1.32 bits per heavy atom. The fraction of sp³-hybridized carbons (Fsp3) is 0.308. The summed E-state index contributed by atoms with van der Waals surface area (Å²) in [5.41, 5.74) is 0.467. The van der Waals surface area contributed by atoms with Crippen LogP contribution in [0.5, 0.6) is 0 Å². The van der Waals surface area contributed by atoms with Crippen molar-refractivity contribution in [2.45, 2.75) is 26.3 Å². The molecular weight excluding hydrogens is 308 g/mol. The summed E-state index contributed by atoms with van der Waals surface area (Å²) in [6, 6.07) is 6.22. The number of nitro benzene ring substituents is 1. The van der Waals surface area contributed by atoms with Gasteiger partial charge < -0.3 is 10.6 Å². The molecule has 1 aromatic heterocycles. The molecule has 0 fully saturated rings. The average Bonchev–Trinajstić information content (AvgIpc) is 2.46. The van der Waals surface area contributed by atoms with Crippen LogP contribution < -0.4 is 10.6 Å². The minimum Gasteiger partial charge on any atom is -0.352 e. The predicted molar refractivity (Wildman–Crippen MR) is 84.6 cm³/mol. The number of hydrogen-bond donors (Lipinski definition) is 2. The van der Waals surface area contributed by atoms with Gasteiger partial charge in [-0.25, -0.2) is 0 Å². The molecule has 8 nitrogen and oxygen atoms in total. The number of halogens is 1. The molecule has 0 aliphatic rings. The third-order valence-corrected chi connectivity index (χ3v) is 3.08. The smallest absolute Gasteiger partial charge is 0.271 e. The fourth-order valence-electron chi connectivity index (χ4n) is 1.62. The summed E-state index contributed by atoms with van der Waals surface area (Å²) >= 11 is 5.87. The Morgan fingerprint density at radius 2 is 2.05 bits per heavy atom. The van der Waals surface area contributed by atoms with Gasteiger partial charge in [-0.3, -0.25) is 10.1 Å². The summed E-state index contributed by atoms with van der Waals surface area (Å²) in [6.07, 6.45) is 0.900. The highest BCUT2D eigenvalue weighted by Crippen LogP contribution is 2.20. The van der Waals surface area contributed by atoms with Crippen LogP contribution in [-0.2, 0) is 0 Å². The third-order valence-electron chi connectivity index (χ3n) is 2.91. The first-order valence-electron chi connectivity index (χ1n) is 6.67. The van der Waals surface area contributed by atoms with Crippen molar-refractivity contribution < 1.29 is 4.92 Å². The molecule has 0 amide bonds. The van der Waals surface area contributed by atoms with Crippen molar-refractivity contribution in [1.29, 1.82) is 0 Å². The normalized spacial score (nSPS) is 11.8. The van der Waals surface area contributed by atoms with Gasteiger partial charge in [-0.05, 0) is 31.0 Å². The Labute approximate surface area is 132 Å². The van der Waals surface area contributed by atoms with Crippen LogP contribution in [0.2, 0.25) is 5.28 Å². The molecular formula is C13H15ClN6O2. The van der Waals surface area contributed by atoms with Crippen LogP contribution >= 0.6 is 11.6 Å². The summed E-state index contributed by atoms with van der Waals surface area (Å²) in [7, 11) is 0. The van der Waals surface area contributed by atoms with E-state index in [-0.39, 0.29) is 23.0 Å². The van der Waals surface area contributed by atoms with Crippen molar-refractivity contribution in [3.05, 3.63) is 39.7 Å². The number of benzene rings is 1. The molecule has 0 saturated carbocycles. The highest BCUT2D eigenvalue weighted by atomic mass is 35.5. The summed E-state index contributed by atoms with van der Waals surface area (Å²) in [5.74, 6) is 0.564. The van der Waals surface area contributed by atoms with Gasteiger partial charge in [0.15, 0.2) is 0 Å². The highest BCUT2D eigenvalue weighted by Gasteiger charge is 2.10. The molecule has 0 aliphatic heterocycles. The quantitative estimate of drug-likeness (QED) is 0.620. The molecule has 0 unspecified atom stereocenters. The molecule has 9 heteroatoms. The Hall–Kier alpha value is -2.48. The minimum atomic E-state index is -0.471. The van der Waals surface area contributed by atoms with E-state index in [1.54, 1.807) is 12.1 Å². The number of nitrogens with zero attached hydrogens (tertiary/aromatic N) is 4. The van der Waals surface area contributed by atoms with Gasteiger partial charge in [-0.1, -0.05) is 13.0 Å². The molecule has 0 bridgehead atoms. The molecule has 2 rings (SSSR count). The van der Waals surface area contributed by atoms with Gasteiger partial charge in [-0.15, -0.1) is 0 Å². The fourth-order valence-corrected chi connectivity index (χ4v) is 1.78. The maximum absolute atomic E-state index is 10.8. The van der Waals surface area contributed by atoms with Gasteiger partial charge in [0.1, 0.15) is 0 Å². The zero-order chi connectivity index (χ0) is 16.1. The zero-order valence-electron chi connectivity index (χ0n) is 12.1. The van der Waals surface area contributed by atoms with E-state index in [0.717, 1.165) is 6.42 Å². The molecule has 1 atom stereocenters. The predicted octanol–water partition coefficient (Wildman–Crippen LogP) is 3.39. The second-order valence-corrected chi connectivity index (χ2v) is 4.98. The Bertz CT molecular complexity index is 681. The van der Waals surface area contributed by atoms with Gasteiger partial charge in [0.2, 0.25) is 17.2 Å². The molecule has 0 radical (unpaired) electrons. The van der Waals surface area contributed by atoms with E-state index in [1.165, 1.54) is 12.1 Å². The summed E-state index contributed by atoms with van der Waals surface area (Å²) in [4.78, 5) is 22.4. The van der Waals surface area contributed by atoms with Gasteiger partial charge in [0, 0.05) is 23.9 Å². The number of anilines is 3. The maximum atomic E-state index is 10.8. The number of aromatic nitrogens is 3. The lowest BCUT2D eigenvalue weighted by molar-refractivity contribution is -0.384. The molecule has 116 valence electrons. The monoisotopic (exact) mass is 322 g/mol. The van der Waals surface area contributed by atoms with E-state index in [1.807, 2.05) is 13.8 Å². The Morgan fingerprint density at radius 3 is 2.73 bits per heavy atom. The number of nitro groups is 1. The minimum absolute atomic E-state index is 0.0249. The molecule has 0 saturated heterocycles. The van der Waals surface area contributed by atoms with Crippen molar-refractivity contribution in [3.63, 3.8) is 0 Å². The van der Waals surface area contributed by atoms with Crippen molar-refractivity contribution in [2.24, 2.45) is 0 Å². The van der Waals surface area contributed by atoms with Crippen molar-refractivity contribution in [2.75, 3.05) is 10.6 Å². The van der Waals surface area contributed by atoms with Gasteiger partial charge in [0.05, 0.1) is 4.92 Å². The van der Waals surface area contributed by atoms with Crippen LogP contribution in [0, 0.1) is 10.1 Å².